The number of benzene rings is 2. The monoisotopic (exact) mass is 376 g/mol. The maximum absolute atomic E-state index is 13.8. The van der Waals surface area contributed by atoms with Crippen molar-refractivity contribution in [3.8, 4) is 11.5 Å². The van der Waals surface area contributed by atoms with Crippen LogP contribution < -0.4 is 14.8 Å². The quantitative estimate of drug-likeness (QED) is 0.869. The minimum absolute atomic E-state index is 0.0305. The van der Waals surface area contributed by atoms with E-state index in [1.165, 1.54) is 6.07 Å². The highest BCUT2D eigenvalue weighted by Crippen LogP contribution is 2.33. The fraction of sp³-hybridized carbons (Fsp3) is 0.350. The minimum Gasteiger partial charge on any atom is -0.493 e. The molecular weight excluding hydrogens is 354 g/mol. The zero-order chi connectivity index (χ0) is 19.6. The van der Waals surface area contributed by atoms with E-state index in [9.17, 15) is 13.6 Å². The number of fused-ring (bicyclic) bond motifs is 1. The van der Waals surface area contributed by atoms with Gasteiger partial charge in [0.15, 0.2) is 11.5 Å². The van der Waals surface area contributed by atoms with Crippen LogP contribution in [0.15, 0.2) is 30.3 Å². The molecule has 1 N–H and O–H groups in total. The molecule has 2 aromatic rings. The van der Waals surface area contributed by atoms with Crippen LogP contribution >= 0.6 is 0 Å². The number of rotatable bonds is 5. The molecular formula is C20H22F2N2O3. The molecule has 0 aliphatic carbocycles. The Kier molecular flexibility index (Phi) is 5.60. The number of methoxy groups -OCH3 is 2. The Morgan fingerprint density at radius 3 is 2.41 bits per heavy atom. The molecule has 0 fully saturated rings. The lowest BCUT2D eigenvalue weighted by molar-refractivity contribution is -0.121. The lowest BCUT2D eigenvalue weighted by atomic mass is 9.97. The van der Waals surface area contributed by atoms with E-state index in [-0.39, 0.29) is 11.6 Å². The molecule has 0 saturated carbocycles. The highest BCUT2D eigenvalue weighted by molar-refractivity contribution is 5.94. The van der Waals surface area contributed by atoms with Gasteiger partial charge in [0.2, 0.25) is 5.91 Å². The number of carbonyl (C=O) groups excluding carboxylic acids is 1. The summed E-state index contributed by atoms with van der Waals surface area (Å²) in [6, 6.07) is 6.49. The van der Waals surface area contributed by atoms with Crippen molar-refractivity contribution in [3.05, 3.63) is 53.1 Å². The summed E-state index contributed by atoms with van der Waals surface area (Å²) in [6.07, 6.45) is 0.762. The van der Waals surface area contributed by atoms with Crippen LogP contribution in [-0.2, 0) is 17.8 Å². The van der Waals surface area contributed by atoms with Gasteiger partial charge in [0.05, 0.1) is 25.9 Å². The van der Waals surface area contributed by atoms with Gasteiger partial charge < -0.3 is 14.8 Å². The molecule has 7 heteroatoms. The lowest BCUT2D eigenvalue weighted by Crippen LogP contribution is -2.44. The molecule has 0 saturated heterocycles. The first-order chi connectivity index (χ1) is 12.9. The Hall–Kier alpha value is -2.67. The average Bonchev–Trinajstić information content (AvgIpc) is 2.67. The molecule has 3 rings (SSSR count). The number of hydrogen-bond acceptors (Lipinski definition) is 4. The Labute approximate surface area is 156 Å². The largest absolute Gasteiger partial charge is 0.493 e. The topological polar surface area (TPSA) is 50.8 Å². The fourth-order valence-electron chi connectivity index (χ4n) is 3.23. The van der Waals surface area contributed by atoms with Gasteiger partial charge >= 0.3 is 0 Å². The molecule has 27 heavy (non-hydrogen) atoms. The minimum atomic E-state index is -0.795. The van der Waals surface area contributed by atoms with Crippen molar-refractivity contribution in [2.75, 3.05) is 26.1 Å². The lowest BCUT2D eigenvalue weighted by Gasteiger charge is -2.33. The van der Waals surface area contributed by atoms with Gasteiger partial charge in [-0.3, -0.25) is 9.69 Å². The van der Waals surface area contributed by atoms with Crippen molar-refractivity contribution in [2.45, 2.75) is 25.9 Å². The van der Waals surface area contributed by atoms with Crippen molar-refractivity contribution in [3.63, 3.8) is 0 Å². The van der Waals surface area contributed by atoms with E-state index in [1.807, 2.05) is 17.0 Å². The number of nitrogens with zero attached hydrogens (tertiary/aromatic N) is 1. The second kappa shape index (κ2) is 7.92. The van der Waals surface area contributed by atoms with Crippen molar-refractivity contribution in [1.29, 1.82) is 0 Å². The summed E-state index contributed by atoms with van der Waals surface area (Å²) in [5.74, 6) is -0.498. The number of hydrogen-bond donors (Lipinski definition) is 1. The number of ether oxygens (including phenoxy) is 2. The van der Waals surface area contributed by atoms with Crippen LogP contribution in [-0.4, -0.2) is 37.6 Å². The maximum Gasteiger partial charge on any atom is 0.241 e. The van der Waals surface area contributed by atoms with Crippen LogP contribution in [0.5, 0.6) is 11.5 Å². The summed E-state index contributed by atoms with van der Waals surface area (Å²) in [4.78, 5) is 14.5. The molecule has 0 spiro atoms. The van der Waals surface area contributed by atoms with Gasteiger partial charge in [0.1, 0.15) is 11.6 Å². The van der Waals surface area contributed by atoms with E-state index < -0.39 is 17.7 Å². The summed E-state index contributed by atoms with van der Waals surface area (Å²) < 4.78 is 37.5. The molecule has 1 aliphatic rings. The van der Waals surface area contributed by atoms with Crippen LogP contribution in [0, 0.1) is 11.6 Å². The average molecular weight is 376 g/mol. The highest BCUT2D eigenvalue weighted by Gasteiger charge is 2.27. The van der Waals surface area contributed by atoms with E-state index in [2.05, 4.69) is 5.32 Å². The molecule has 1 heterocycles. The van der Waals surface area contributed by atoms with Crippen LogP contribution in [0.1, 0.15) is 18.1 Å². The summed E-state index contributed by atoms with van der Waals surface area (Å²) >= 11 is 0. The van der Waals surface area contributed by atoms with Gasteiger partial charge in [-0.15, -0.1) is 0 Å². The van der Waals surface area contributed by atoms with Gasteiger partial charge in [-0.1, -0.05) is 0 Å². The van der Waals surface area contributed by atoms with Crippen molar-refractivity contribution in [2.24, 2.45) is 0 Å². The first-order valence-electron chi connectivity index (χ1n) is 8.66. The van der Waals surface area contributed by atoms with Gasteiger partial charge in [0.25, 0.3) is 0 Å². The SMILES string of the molecule is COc1cc2c(cc1OC)CN(C(C)C(=O)Nc1ccc(F)cc1F)CC2. The molecule has 1 aliphatic heterocycles. The Balaban J connectivity index is 1.73. The third-order valence-corrected chi connectivity index (χ3v) is 4.86. The van der Waals surface area contributed by atoms with Crippen LogP contribution in [0.25, 0.3) is 0 Å². The Morgan fingerprint density at radius 2 is 1.78 bits per heavy atom. The second-order valence-electron chi connectivity index (χ2n) is 6.49. The third-order valence-electron chi connectivity index (χ3n) is 4.86. The molecule has 2 aromatic carbocycles. The normalized spacial score (nSPS) is 15.0. The van der Waals surface area contributed by atoms with E-state index in [0.717, 1.165) is 29.7 Å². The van der Waals surface area contributed by atoms with E-state index in [4.69, 9.17) is 9.47 Å². The zero-order valence-electron chi connectivity index (χ0n) is 15.5. The van der Waals surface area contributed by atoms with Gasteiger partial charge in [-0.2, -0.15) is 0 Å². The summed E-state index contributed by atoms with van der Waals surface area (Å²) in [7, 11) is 3.18. The van der Waals surface area contributed by atoms with Gasteiger partial charge in [0, 0.05) is 19.2 Å². The number of carbonyl (C=O) groups is 1. The molecule has 144 valence electrons. The van der Waals surface area contributed by atoms with Crippen molar-refractivity contribution in [1.82, 2.24) is 4.90 Å². The van der Waals surface area contributed by atoms with Crippen LogP contribution in [0.3, 0.4) is 0 Å². The number of anilines is 1. The highest BCUT2D eigenvalue weighted by atomic mass is 19.1. The van der Waals surface area contributed by atoms with E-state index in [0.29, 0.717) is 24.6 Å². The van der Waals surface area contributed by atoms with E-state index in [1.54, 1.807) is 21.1 Å². The van der Waals surface area contributed by atoms with Crippen molar-refractivity contribution >= 4 is 11.6 Å². The first-order valence-corrected chi connectivity index (χ1v) is 8.66. The van der Waals surface area contributed by atoms with E-state index >= 15 is 0 Å². The molecule has 1 unspecified atom stereocenters. The predicted octanol–water partition coefficient (Wildman–Crippen LogP) is 3.37. The summed E-state index contributed by atoms with van der Waals surface area (Å²) in [6.45, 7) is 3.02. The Morgan fingerprint density at radius 1 is 1.11 bits per heavy atom. The molecule has 0 bridgehead atoms. The predicted molar refractivity (Wildman–Crippen MR) is 98.1 cm³/mol. The van der Waals surface area contributed by atoms with Crippen LogP contribution in [0.4, 0.5) is 14.5 Å². The van der Waals surface area contributed by atoms with Crippen LogP contribution in [0.2, 0.25) is 0 Å². The molecule has 0 radical (unpaired) electrons. The molecule has 5 nitrogen and oxygen atoms in total. The van der Waals surface area contributed by atoms with Gasteiger partial charge in [-0.05, 0) is 48.7 Å². The second-order valence-corrected chi connectivity index (χ2v) is 6.49. The smallest absolute Gasteiger partial charge is 0.241 e. The zero-order valence-corrected chi connectivity index (χ0v) is 15.5. The maximum atomic E-state index is 13.8. The number of halogens is 2. The molecule has 1 amide bonds. The molecule has 1 atom stereocenters. The third kappa shape index (κ3) is 4.03. The summed E-state index contributed by atoms with van der Waals surface area (Å²) in [5, 5.41) is 2.53. The number of amides is 1. The fourth-order valence-corrected chi connectivity index (χ4v) is 3.23. The van der Waals surface area contributed by atoms with Gasteiger partial charge in [-0.25, -0.2) is 8.78 Å². The van der Waals surface area contributed by atoms with Crippen molar-refractivity contribution < 1.29 is 23.0 Å². The summed E-state index contributed by atoms with van der Waals surface area (Å²) in [5.41, 5.74) is 2.18. The standard InChI is InChI=1S/C20H22F2N2O3/c1-12(20(25)23-17-5-4-15(21)10-16(17)22)24-7-6-13-8-18(26-2)19(27-3)9-14(13)11-24/h4-5,8-10,12H,6-7,11H2,1-3H3,(H,23,25). The molecule has 0 aromatic heterocycles. The first kappa shape index (κ1) is 19.1. The Bertz CT molecular complexity index is 857. The number of nitrogens with one attached hydrogen (secondary N) is 1.